The number of rotatable bonds is 4. The normalized spacial score (nSPS) is 16.1. The zero-order chi connectivity index (χ0) is 23.1. The molecule has 0 heterocycles. The van der Waals surface area contributed by atoms with Gasteiger partial charge in [-0.25, -0.2) is 0 Å². The van der Waals surface area contributed by atoms with Gasteiger partial charge in [-0.2, -0.15) is 0 Å². The van der Waals surface area contributed by atoms with E-state index >= 15 is 0 Å². The van der Waals surface area contributed by atoms with E-state index in [1.807, 2.05) is 0 Å². The quantitative estimate of drug-likeness (QED) is 0.271. The van der Waals surface area contributed by atoms with E-state index in [4.69, 9.17) is 0 Å². The van der Waals surface area contributed by atoms with Crippen LogP contribution in [0.1, 0.15) is 29.2 Å². The Bertz CT molecular complexity index is 1450. The van der Waals surface area contributed by atoms with Gasteiger partial charge >= 0.3 is 0 Å². The minimum absolute atomic E-state index is 0.209. The molecule has 5 aromatic carbocycles. The second-order valence-corrected chi connectivity index (χ2v) is 9.27. The fourth-order valence-electron chi connectivity index (χ4n) is 5.42. The molecular weight excluding hydrogens is 410 g/mol. The molecule has 1 unspecified atom stereocenters. The van der Waals surface area contributed by atoms with Crippen LogP contribution in [0.3, 0.4) is 0 Å². The number of para-hydroxylation sites is 1. The minimum Gasteiger partial charge on any atom is -0.310 e. The van der Waals surface area contributed by atoms with Crippen LogP contribution in [0.15, 0.2) is 127 Å². The summed E-state index contributed by atoms with van der Waals surface area (Å²) in [5, 5.41) is 0. The Hall–Kier alpha value is -4.10. The molecule has 164 valence electrons. The zero-order valence-corrected chi connectivity index (χ0v) is 19.6. The van der Waals surface area contributed by atoms with Crippen LogP contribution >= 0.6 is 0 Å². The Balaban J connectivity index is 1.59. The lowest BCUT2D eigenvalue weighted by Gasteiger charge is -2.30. The molecule has 0 saturated heterocycles. The van der Waals surface area contributed by atoms with E-state index in [0.29, 0.717) is 0 Å². The van der Waals surface area contributed by atoms with Crippen molar-refractivity contribution in [1.82, 2.24) is 0 Å². The highest BCUT2D eigenvalue weighted by Gasteiger charge is 2.40. The molecule has 0 aliphatic heterocycles. The largest absolute Gasteiger partial charge is 0.310 e. The Morgan fingerprint density at radius 2 is 1.06 bits per heavy atom. The van der Waals surface area contributed by atoms with E-state index in [1.165, 1.54) is 39.1 Å². The molecule has 1 aliphatic rings. The Labute approximate surface area is 202 Å². The maximum Gasteiger partial charge on any atom is 0.0465 e. The molecule has 34 heavy (non-hydrogen) atoms. The first kappa shape index (κ1) is 20.5. The molecule has 5 aromatic rings. The number of aryl methyl sites for hydroxylation is 1. The van der Waals surface area contributed by atoms with E-state index < -0.39 is 0 Å². The second-order valence-electron chi connectivity index (χ2n) is 9.27. The minimum atomic E-state index is -0.209. The van der Waals surface area contributed by atoms with Crippen LogP contribution in [0.5, 0.6) is 0 Å². The maximum atomic E-state index is 2.40. The van der Waals surface area contributed by atoms with Crippen LogP contribution in [0.2, 0.25) is 0 Å². The summed E-state index contributed by atoms with van der Waals surface area (Å²) in [4.78, 5) is 2.36. The average molecular weight is 438 g/mol. The number of fused-ring (bicyclic) bond motifs is 3. The van der Waals surface area contributed by atoms with Gasteiger partial charge in [0.15, 0.2) is 0 Å². The monoisotopic (exact) mass is 437 g/mol. The highest BCUT2D eigenvalue weighted by molar-refractivity contribution is 5.87. The van der Waals surface area contributed by atoms with Gasteiger partial charge in [0.2, 0.25) is 0 Å². The maximum absolute atomic E-state index is 2.40. The van der Waals surface area contributed by atoms with Crippen molar-refractivity contribution >= 4 is 17.1 Å². The summed E-state index contributed by atoms with van der Waals surface area (Å²) < 4.78 is 0. The summed E-state index contributed by atoms with van der Waals surface area (Å²) in [6, 6.07) is 46.2. The van der Waals surface area contributed by atoms with Crippen molar-refractivity contribution in [3.63, 3.8) is 0 Å². The molecule has 0 bridgehead atoms. The van der Waals surface area contributed by atoms with Crippen molar-refractivity contribution < 1.29 is 0 Å². The lowest BCUT2D eigenvalue weighted by atomic mass is 9.74. The predicted molar refractivity (Wildman–Crippen MR) is 143 cm³/mol. The van der Waals surface area contributed by atoms with Crippen molar-refractivity contribution in [1.29, 1.82) is 0 Å². The fraction of sp³-hybridized carbons (Fsp3) is 0.0909. The molecular formula is C33H27N. The molecule has 0 radical (unpaired) electrons. The summed E-state index contributed by atoms with van der Waals surface area (Å²) in [6.07, 6.45) is 0. The third kappa shape index (κ3) is 3.16. The Kier molecular flexibility index (Phi) is 4.85. The van der Waals surface area contributed by atoms with Crippen LogP contribution in [0, 0.1) is 6.92 Å². The van der Waals surface area contributed by atoms with Gasteiger partial charge in [0, 0.05) is 22.5 Å². The molecule has 1 aliphatic carbocycles. The molecule has 0 saturated carbocycles. The molecule has 1 heteroatoms. The number of nitrogens with zero attached hydrogens (tertiary/aromatic N) is 1. The van der Waals surface area contributed by atoms with Gasteiger partial charge in [0.1, 0.15) is 0 Å². The Morgan fingerprint density at radius 1 is 0.500 bits per heavy atom. The molecule has 1 nitrogen and oxygen atoms in total. The summed E-state index contributed by atoms with van der Waals surface area (Å²) in [5.41, 5.74) is 11.2. The van der Waals surface area contributed by atoms with Gasteiger partial charge in [-0.05, 0) is 78.1 Å². The van der Waals surface area contributed by atoms with Crippen molar-refractivity contribution in [2.24, 2.45) is 0 Å². The first-order chi connectivity index (χ1) is 16.7. The number of hydrogen-bond donors (Lipinski definition) is 0. The van der Waals surface area contributed by atoms with Crippen molar-refractivity contribution in [3.8, 4) is 11.1 Å². The van der Waals surface area contributed by atoms with Gasteiger partial charge < -0.3 is 4.90 Å². The lowest BCUT2D eigenvalue weighted by Crippen LogP contribution is -2.22. The van der Waals surface area contributed by atoms with E-state index in [-0.39, 0.29) is 5.41 Å². The topological polar surface area (TPSA) is 3.24 Å². The highest BCUT2D eigenvalue weighted by atomic mass is 15.1. The highest BCUT2D eigenvalue weighted by Crippen LogP contribution is 2.53. The summed E-state index contributed by atoms with van der Waals surface area (Å²) in [7, 11) is 0. The van der Waals surface area contributed by atoms with Crippen LogP contribution in [0.25, 0.3) is 11.1 Å². The molecule has 1 atom stereocenters. The van der Waals surface area contributed by atoms with Gasteiger partial charge in [-0.1, -0.05) is 96.6 Å². The van der Waals surface area contributed by atoms with E-state index in [9.17, 15) is 0 Å². The zero-order valence-electron chi connectivity index (χ0n) is 19.6. The van der Waals surface area contributed by atoms with Gasteiger partial charge in [-0.15, -0.1) is 0 Å². The first-order valence-electron chi connectivity index (χ1n) is 11.9. The molecule has 0 fully saturated rings. The van der Waals surface area contributed by atoms with Crippen LogP contribution in [0.4, 0.5) is 17.1 Å². The number of hydrogen-bond acceptors (Lipinski definition) is 1. The molecule has 0 amide bonds. The van der Waals surface area contributed by atoms with E-state index in [0.717, 1.165) is 11.4 Å². The third-order valence-corrected chi connectivity index (χ3v) is 7.21. The lowest BCUT2D eigenvalue weighted by molar-refractivity contribution is 0.714. The Morgan fingerprint density at radius 3 is 1.79 bits per heavy atom. The molecule has 6 rings (SSSR count). The van der Waals surface area contributed by atoms with Crippen LogP contribution in [-0.4, -0.2) is 0 Å². The predicted octanol–water partition coefficient (Wildman–Crippen LogP) is 8.80. The second kappa shape index (κ2) is 8.04. The standard InChI is InChI=1S/C33H27N/c1-24-17-19-27(20-18-24)34(26-13-7-4-8-14-26)28-21-22-30-29-15-9-10-16-31(29)33(2,32(30)23-28)25-11-5-3-6-12-25/h3-23H,1-2H3. The average Bonchev–Trinajstić information content (AvgIpc) is 3.16. The summed E-state index contributed by atoms with van der Waals surface area (Å²) in [5.74, 6) is 0. The van der Waals surface area contributed by atoms with Crippen molar-refractivity contribution in [3.05, 3.63) is 150 Å². The third-order valence-electron chi connectivity index (χ3n) is 7.21. The van der Waals surface area contributed by atoms with Crippen LogP contribution < -0.4 is 4.90 Å². The van der Waals surface area contributed by atoms with E-state index in [1.54, 1.807) is 0 Å². The van der Waals surface area contributed by atoms with Gasteiger partial charge in [-0.3, -0.25) is 0 Å². The molecule has 0 spiro atoms. The van der Waals surface area contributed by atoms with Gasteiger partial charge in [0.05, 0.1) is 0 Å². The first-order valence-corrected chi connectivity index (χ1v) is 11.9. The van der Waals surface area contributed by atoms with Crippen LogP contribution in [-0.2, 0) is 5.41 Å². The van der Waals surface area contributed by atoms with Crippen molar-refractivity contribution in [2.45, 2.75) is 19.3 Å². The van der Waals surface area contributed by atoms with Crippen molar-refractivity contribution in [2.75, 3.05) is 4.90 Å². The fourth-order valence-corrected chi connectivity index (χ4v) is 5.42. The smallest absolute Gasteiger partial charge is 0.0465 e. The number of benzene rings is 5. The molecule has 0 N–H and O–H groups in total. The van der Waals surface area contributed by atoms with E-state index in [2.05, 4.69) is 146 Å². The SMILES string of the molecule is Cc1ccc(N(c2ccccc2)c2ccc3c(c2)C(C)(c2ccccc2)c2ccccc2-3)cc1. The number of anilines is 3. The van der Waals surface area contributed by atoms with Gasteiger partial charge in [0.25, 0.3) is 0 Å². The molecule has 0 aromatic heterocycles. The summed E-state index contributed by atoms with van der Waals surface area (Å²) >= 11 is 0. The summed E-state index contributed by atoms with van der Waals surface area (Å²) in [6.45, 7) is 4.50.